The number of aromatic nitrogens is 3. The first-order valence-electron chi connectivity index (χ1n) is 12.1. The number of benzene rings is 1. The minimum Gasteiger partial charge on any atom is -0.468 e. The van der Waals surface area contributed by atoms with Crippen molar-refractivity contribution in [3.05, 3.63) is 40.4 Å². The largest absolute Gasteiger partial charge is 0.468 e. The number of nitrogens with zero attached hydrogens (tertiary/aromatic N) is 6. The number of hydrogen-bond donors (Lipinski definition) is 1. The van der Waals surface area contributed by atoms with E-state index in [0.717, 1.165) is 5.56 Å². The molecule has 0 atom stereocenters. The number of carbonyl (C=O) groups is 4. The first-order chi connectivity index (χ1) is 19.1. The van der Waals surface area contributed by atoms with Crippen LogP contribution < -0.4 is 5.32 Å². The molecule has 1 fully saturated rings. The zero-order valence-corrected chi connectivity index (χ0v) is 23.5. The molecule has 1 aromatic carbocycles. The van der Waals surface area contributed by atoms with Gasteiger partial charge in [0.1, 0.15) is 0 Å². The summed E-state index contributed by atoms with van der Waals surface area (Å²) in [7, 11) is 2.61. The Balaban J connectivity index is 1.62. The lowest BCUT2D eigenvalue weighted by atomic mass is 10.2. The number of hydrogen-bond acceptors (Lipinski definition) is 14. The molecule has 14 nitrogen and oxygen atoms in total. The third-order valence-corrected chi connectivity index (χ3v) is 6.09. The summed E-state index contributed by atoms with van der Waals surface area (Å²) in [6.45, 7) is 1.98. The highest BCUT2D eigenvalue weighted by atomic mass is 35.5. The van der Waals surface area contributed by atoms with Gasteiger partial charge in [0.15, 0.2) is 0 Å². The zero-order valence-electron chi connectivity index (χ0n) is 22.0. The van der Waals surface area contributed by atoms with Crippen LogP contribution in [0, 0.1) is 0 Å². The van der Waals surface area contributed by atoms with Gasteiger partial charge in [0.25, 0.3) is 0 Å². The monoisotopic (exact) mass is 597 g/mol. The molecule has 2 aromatic rings. The summed E-state index contributed by atoms with van der Waals surface area (Å²) in [5, 5.41) is 2.92. The zero-order chi connectivity index (χ0) is 29.1. The van der Waals surface area contributed by atoms with E-state index >= 15 is 0 Å². The molecule has 216 valence electrons. The lowest BCUT2D eigenvalue weighted by Gasteiger charge is -2.29. The van der Waals surface area contributed by atoms with Crippen molar-refractivity contribution in [1.29, 1.82) is 0 Å². The first-order valence-corrected chi connectivity index (χ1v) is 12.9. The Morgan fingerprint density at radius 1 is 0.900 bits per heavy atom. The van der Waals surface area contributed by atoms with Crippen molar-refractivity contribution in [3.8, 4) is 0 Å². The standard InChI is InChI=1S/C24H29Cl2N7O7/c1-38-18(34)12-31(8-10-33-14-20(36)40-21(37)15-33)7-9-32(13-19(35)39-2)11-16-3-5-17(6-4-16)27-24-29-22(25)28-23(26)30-24/h3-6H,7-15H2,1-2H3,(H,27,28,29,30). The molecule has 16 heteroatoms. The molecule has 0 spiro atoms. The maximum absolute atomic E-state index is 12.1. The fourth-order valence-corrected chi connectivity index (χ4v) is 4.14. The van der Waals surface area contributed by atoms with Crippen molar-refractivity contribution in [2.45, 2.75) is 6.54 Å². The number of cyclic esters (lactones) is 2. The number of halogens is 2. The summed E-state index contributed by atoms with van der Waals surface area (Å²) in [5.41, 5.74) is 1.59. The third-order valence-electron chi connectivity index (χ3n) is 5.76. The molecule has 0 aliphatic carbocycles. The SMILES string of the molecule is COC(=O)CN(CCN1CC(=O)OC(=O)C1)CCN(CC(=O)OC)Cc1ccc(Nc2nc(Cl)nc(Cl)n2)cc1. The van der Waals surface area contributed by atoms with Gasteiger partial charge in [-0.05, 0) is 40.9 Å². The van der Waals surface area contributed by atoms with Gasteiger partial charge < -0.3 is 19.5 Å². The first kappa shape index (κ1) is 31.1. The molecule has 0 amide bonds. The second-order valence-electron chi connectivity index (χ2n) is 8.71. The van der Waals surface area contributed by atoms with E-state index in [0.29, 0.717) is 38.4 Å². The number of morpholine rings is 1. The molecule has 0 bridgehead atoms. The van der Waals surface area contributed by atoms with E-state index in [1.54, 1.807) is 4.90 Å². The molecule has 1 saturated heterocycles. The van der Waals surface area contributed by atoms with E-state index in [9.17, 15) is 19.2 Å². The van der Waals surface area contributed by atoms with Gasteiger partial charge in [-0.3, -0.25) is 33.9 Å². The predicted molar refractivity (Wildman–Crippen MR) is 143 cm³/mol. The summed E-state index contributed by atoms with van der Waals surface area (Å²) in [6, 6.07) is 7.36. The van der Waals surface area contributed by atoms with E-state index in [1.165, 1.54) is 14.2 Å². The van der Waals surface area contributed by atoms with Crippen LogP contribution in [0.2, 0.25) is 10.6 Å². The summed E-state index contributed by atoms with van der Waals surface area (Å²) >= 11 is 11.6. The molecule has 0 radical (unpaired) electrons. The van der Waals surface area contributed by atoms with Gasteiger partial charge in [-0.2, -0.15) is 15.0 Å². The van der Waals surface area contributed by atoms with Crippen molar-refractivity contribution in [2.75, 3.05) is 71.9 Å². The number of ether oxygens (including phenoxy) is 3. The highest BCUT2D eigenvalue weighted by Gasteiger charge is 2.25. The second-order valence-corrected chi connectivity index (χ2v) is 9.39. The Bertz CT molecular complexity index is 1170. The molecular formula is C24H29Cl2N7O7. The molecule has 1 aromatic heterocycles. The van der Waals surface area contributed by atoms with E-state index in [1.807, 2.05) is 34.1 Å². The normalized spacial score (nSPS) is 13.8. The molecule has 1 N–H and O–H groups in total. The number of anilines is 2. The lowest BCUT2D eigenvalue weighted by Crippen LogP contribution is -2.47. The smallest absolute Gasteiger partial charge is 0.327 e. The summed E-state index contributed by atoms with van der Waals surface area (Å²) in [4.78, 5) is 64.3. The van der Waals surface area contributed by atoms with Crippen LogP contribution >= 0.6 is 23.2 Å². The molecule has 0 unspecified atom stereocenters. The molecule has 0 saturated carbocycles. The van der Waals surface area contributed by atoms with E-state index in [-0.39, 0.29) is 42.7 Å². The van der Waals surface area contributed by atoms with Gasteiger partial charge in [-0.15, -0.1) is 0 Å². The van der Waals surface area contributed by atoms with Crippen LogP contribution in [0.15, 0.2) is 24.3 Å². The molecular weight excluding hydrogens is 569 g/mol. The van der Waals surface area contributed by atoms with Crippen molar-refractivity contribution in [1.82, 2.24) is 29.7 Å². The van der Waals surface area contributed by atoms with Gasteiger partial charge in [-0.25, -0.2) is 0 Å². The number of esters is 4. The Morgan fingerprint density at radius 2 is 1.45 bits per heavy atom. The number of rotatable bonds is 14. The Morgan fingerprint density at radius 3 is 2.02 bits per heavy atom. The predicted octanol–water partition coefficient (Wildman–Crippen LogP) is 0.757. The van der Waals surface area contributed by atoms with Crippen LogP contribution in [0.5, 0.6) is 0 Å². The molecule has 40 heavy (non-hydrogen) atoms. The van der Waals surface area contributed by atoms with Crippen molar-refractivity contribution >= 4 is 58.7 Å². The Kier molecular flexibility index (Phi) is 12.0. The third kappa shape index (κ3) is 10.6. The van der Waals surface area contributed by atoms with Crippen molar-refractivity contribution < 1.29 is 33.4 Å². The number of nitrogens with one attached hydrogen (secondary N) is 1. The Hall–Kier alpha value is -3.43. The van der Waals surface area contributed by atoms with Gasteiger partial charge in [0.2, 0.25) is 16.5 Å². The quantitative estimate of drug-likeness (QED) is 0.185. The molecule has 3 rings (SSSR count). The molecule has 1 aliphatic heterocycles. The van der Waals surface area contributed by atoms with Gasteiger partial charge >= 0.3 is 23.9 Å². The fourth-order valence-electron chi connectivity index (χ4n) is 3.78. The van der Waals surface area contributed by atoms with Crippen LogP contribution in [-0.2, 0) is 39.9 Å². The Labute approximate surface area is 240 Å². The maximum atomic E-state index is 12.1. The summed E-state index contributed by atoms with van der Waals surface area (Å²) < 4.78 is 14.2. The van der Waals surface area contributed by atoms with E-state index in [4.69, 9.17) is 32.7 Å². The second kappa shape index (κ2) is 15.4. The maximum Gasteiger partial charge on any atom is 0.327 e. The van der Waals surface area contributed by atoms with Crippen LogP contribution in [0.1, 0.15) is 5.56 Å². The minimum absolute atomic E-state index is 0.000271. The van der Waals surface area contributed by atoms with Crippen LogP contribution in [-0.4, -0.2) is 120 Å². The summed E-state index contributed by atoms with van der Waals surface area (Å²) in [5.74, 6) is -1.87. The number of carbonyl (C=O) groups excluding carboxylic acids is 4. The van der Waals surface area contributed by atoms with Gasteiger partial charge in [-0.1, -0.05) is 12.1 Å². The van der Waals surface area contributed by atoms with Crippen LogP contribution in [0.25, 0.3) is 0 Å². The van der Waals surface area contributed by atoms with E-state index < -0.39 is 23.9 Å². The minimum atomic E-state index is -0.609. The fraction of sp³-hybridized carbons (Fsp3) is 0.458. The van der Waals surface area contributed by atoms with Crippen LogP contribution in [0.3, 0.4) is 0 Å². The lowest BCUT2D eigenvalue weighted by molar-refractivity contribution is -0.167. The van der Waals surface area contributed by atoms with E-state index in [2.05, 4.69) is 25.0 Å². The molecule has 1 aliphatic rings. The molecule has 2 heterocycles. The highest BCUT2D eigenvalue weighted by molar-refractivity contribution is 6.31. The van der Waals surface area contributed by atoms with Gasteiger partial charge in [0.05, 0.1) is 40.4 Å². The van der Waals surface area contributed by atoms with Gasteiger partial charge in [0, 0.05) is 38.4 Å². The average Bonchev–Trinajstić information content (AvgIpc) is 2.89. The summed E-state index contributed by atoms with van der Waals surface area (Å²) in [6.07, 6.45) is 0. The number of methoxy groups -OCH3 is 2. The topological polar surface area (TPSA) is 156 Å². The van der Waals surface area contributed by atoms with Crippen LogP contribution in [0.4, 0.5) is 11.6 Å². The highest BCUT2D eigenvalue weighted by Crippen LogP contribution is 2.17. The van der Waals surface area contributed by atoms with Crippen molar-refractivity contribution in [3.63, 3.8) is 0 Å². The average molecular weight is 598 g/mol. The van der Waals surface area contributed by atoms with Crippen molar-refractivity contribution in [2.24, 2.45) is 0 Å².